The van der Waals surface area contributed by atoms with E-state index in [1.54, 1.807) is 17.0 Å². The molecule has 2 amide bonds. The lowest BCUT2D eigenvalue weighted by molar-refractivity contribution is -0.139. The van der Waals surface area contributed by atoms with E-state index in [9.17, 15) is 14.0 Å². The van der Waals surface area contributed by atoms with Crippen LogP contribution in [0.4, 0.5) is 4.39 Å². The number of thioether (sulfide) groups is 1. The van der Waals surface area contributed by atoms with Gasteiger partial charge < -0.3 is 10.2 Å². The number of nitrogens with one attached hydrogen (secondary N) is 1. The van der Waals surface area contributed by atoms with Gasteiger partial charge in [-0.05, 0) is 48.9 Å². The monoisotopic (exact) mass is 456 g/mol. The first-order valence-electron chi connectivity index (χ1n) is 11.5. The third-order valence-electron chi connectivity index (χ3n) is 5.98. The first-order valence-corrected chi connectivity index (χ1v) is 12.7. The zero-order valence-electron chi connectivity index (χ0n) is 18.8. The first kappa shape index (κ1) is 24.3. The highest BCUT2D eigenvalue weighted by molar-refractivity contribution is 7.99. The Labute approximate surface area is 195 Å². The predicted octanol–water partition coefficient (Wildman–Crippen LogP) is 4.97. The van der Waals surface area contributed by atoms with E-state index in [0.29, 0.717) is 30.9 Å². The smallest absolute Gasteiger partial charge is 0.243 e. The maximum atomic E-state index is 13.2. The molecular weight excluding hydrogens is 423 g/mol. The van der Waals surface area contributed by atoms with Crippen LogP contribution in [0.25, 0.3) is 0 Å². The molecule has 0 bridgehead atoms. The molecular formula is C26H33FN2O2S. The third-order valence-corrected chi connectivity index (χ3v) is 6.97. The Hall–Kier alpha value is -2.34. The minimum absolute atomic E-state index is 0.0264. The predicted molar refractivity (Wildman–Crippen MR) is 129 cm³/mol. The van der Waals surface area contributed by atoms with Crippen molar-refractivity contribution in [3.8, 4) is 0 Å². The molecule has 6 heteroatoms. The van der Waals surface area contributed by atoms with Gasteiger partial charge in [0, 0.05) is 18.3 Å². The summed E-state index contributed by atoms with van der Waals surface area (Å²) in [5.41, 5.74) is 2.13. The van der Waals surface area contributed by atoms with Crippen molar-refractivity contribution in [2.45, 2.75) is 63.3 Å². The second-order valence-electron chi connectivity index (χ2n) is 8.36. The summed E-state index contributed by atoms with van der Waals surface area (Å²) in [6.45, 7) is 2.48. The van der Waals surface area contributed by atoms with E-state index in [4.69, 9.17) is 0 Å². The van der Waals surface area contributed by atoms with E-state index in [1.807, 2.05) is 37.3 Å². The van der Waals surface area contributed by atoms with Gasteiger partial charge in [0.1, 0.15) is 11.9 Å². The molecule has 0 heterocycles. The number of benzene rings is 2. The van der Waals surface area contributed by atoms with Gasteiger partial charge in [-0.1, -0.05) is 62.2 Å². The average molecular weight is 457 g/mol. The number of halogens is 1. The molecule has 0 aromatic heterocycles. The summed E-state index contributed by atoms with van der Waals surface area (Å²) in [6.07, 6.45) is 5.64. The van der Waals surface area contributed by atoms with Crippen molar-refractivity contribution >= 4 is 23.6 Å². The van der Waals surface area contributed by atoms with Gasteiger partial charge in [-0.2, -0.15) is 0 Å². The molecule has 3 rings (SSSR count). The van der Waals surface area contributed by atoms with Crippen LogP contribution in [0.1, 0.15) is 50.2 Å². The molecule has 1 atom stereocenters. The highest BCUT2D eigenvalue weighted by Crippen LogP contribution is 2.20. The molecule has 1 saturated carbocycles. The standard InChI is InChI=1S/C26H33FN2O2S/c1-2-24(26(31)28-23-10-6-7-11-23)29(17-16-20-8-4-3-5-9-20)25(30)19-32-18-21-12-14-22(27)15-13-21/h3-5,8-9,12-15,23-24H,2,6-7,10-11,16-19H2,1H3,(H,28,31)/t24-/m1/s1. The van der Waals surface area contributed by atoms with E-state index in [0.717, 1.165) is 36.8 Å². The number of carbonyl (C=O) groups is 2. The molecule has 1 aliphatic carbocycles. The van der Waals surface area contributed by atoms with Gasteiger partial charge in [0.15, 0.2) is 0 Å². The summed E-state index contributed by atoms with van der Waals surface area (Å²) >= 11 is 1.50. The molecule has 0 spiro atoms. The van der Waals surface area contributed by atoms with Gasteiger partial charge >= 0.3 is 0 Å². The number of carbonyl (C=O) groups excluding carboxylic acids is 2. The Balaban J connectivity index is 1.63. The van der Waals surface area contributed by atoms with Gasteiger partial charge in [-0.3, -0.25) is 9.59 Å². The van der Waals surface area contributed by atoms with E-state index in [1.165, 1.54) is 23.9 Å². The van der Waals surface area contributed by atoms with Crippen LogP contribution in [0.15, 0.2) is 54.6 Å². The van der Waals surface area contributed by atoms with Crippen LogP contribution in [0, 0.1) is 5.82 Å². The highest BCUT2D eigenvalue weighted by Gasteiger charge is 2.30. The summed E-state index contributed by atoms with van der Waals surface area (Å²) in [7, 11) is 0. The second-order valence-corrected chi connectivity index (χ2v) is 9.34. The number of hydrogen-bond donors (Lipinski definition) is 1. The zero-order chi connectivity index (χ0) is 22.8. The minimum Gasteiger partial charge on any atom is -0.352 e. The summed E-state index contributed by atoms with van der Waals surface area (Å²) in [5, 5.41) is 3.18. The molecule has 0 aliphatic heterocycles. The maximum Gasteiger partial charge on any atom is 0.243 e. The van der Waals surface area contributed by atoms with E-state index in [2.05, 4.69) is 5.32 Å². The Morgan fingerprint density at radius 3 is 2.41 bits per heavy atom. The van der Waals surface area contributed by atoms with Crippen molar-refractivity contribution < 1.29 is 14.0 Å². The summed E-state index contributed by atoms with van der Waals surface area (Å²) in [4.78, 5) is 28.0. The molecule has 1 aliphatic rings. The lowest BCUT2D eigenvalue weighted by Crippen LogP contribution is -2.52. The molecule has 172 valence electrons. The fourth-order valence-electron chi connectivity index (χ4n) is 4.18. The quantitative estimate of drug-likeness (QED) is 0.520. The molecule has 1 fully saturated rings. The van der Waals surface area contributed by atoms with Crippen LogP contribution in [-0.2, 0) is 21.8 Å². The van der Waals surface area contributed by atoms with Gasteiger partial charge in [0.2, 0.25) is 11.8 Å². The van der Waals surface area contributed by atoms with Gasteiger partial charge in [0.05, 0.1) is 5.75 Å². The molecule has 0 saturated heterocycles. The SMILES string of the molecule is CC[C@H](C(=O)NC1CCCC1)N(CCc1ccccc1)C(=O)CSCc1ccc(F)cc1. The Morgan fingerprint density at radius 2 is 1.75 bits per heavy atom. The maximum absolute atomic E-state index is 13.2. The van der Waals surface area contributed by atoms with Crippen molar-refractivity contribution in [2.24, 2.45) is 0 Å². The fraction of sp³-hybridized carbons (Fsp3) is 0.462. The first-order chi connectivity index (χ1) is 15.6. The Kier molecular flexibility index (Phi) is 9.60. The Bertz CT molecular complexity index is 854. The van der Waals surface area contributed by atoms with Crippen LogP contribution in [0.5, 0.6) is 0 Å². The van der Waals surface area contributed by atoms with Crippen LogP contribution in [0.2, 0.25) is 0 Å². The van der Waals surface area contributed by atoms with E-state index in [-0.39, 0.29) is 23.7 Å². The van der Waals surface area contributed by atoms with E-state index < -0.39 is 6.04 Å². The van der Waals surface area contributed by atoms with Crippen molar-refractivity contribution in [1.82, 2.24) is 10.2 Å². The average Bonchev–Trinajstić information content (AvgIpc) is 3.31. The number of hydrogen-bond acceptors (Lipinski definition) is 3. The number of amides is 2. The topological polar surface area (TPSA) is 49.4 Å². The van der Waals surface area contributed by atoms with Gasteiger partial charge in [-0.15, -0.1) is 11.8 Å². The number of rotatable bonds is 11. The van der Waals surface area contributed by atoms with Crippen LogP contribution < -0.4 is 5.32 Å². The molecule has 1 N–H and O–H groups in total. The fourth-order valence-corrected chi connectivity index (χ4v) is 5.05. The summed E-state index contributed by atoms with van der Waals surface area (Å²) in [6, 6.07) is 16.2. The normalized spacial score (nSPS) is 14.8. The lowest BCUT2D eigenvalue weighted by atomic mass is 10.1. The molecule has 2 aromatic carbocycles. The van der Waals surface area contributed by atoms with E-state index >= 15 is 0 Å². The highest BCUT2D eigenvalue weighted by atomic mass is 32.2. The molecule has 2 aromatic rings. The van der Waals surface area contributed by atoms with Crippen LogP contribution in [0.3, 0.4) is 0 Å². The Morgan fingerprint density at radius 1 is 1.06 bits per heavy atom. The van der Waals surface area contributed by atoms with Crippen LogP contribution in [-0.4, -0.2) is 41.1 Å². The van der Waals surface area contributed by atoms with Crippen molar-refractivity contribution in [3.63, 3.8) is 0 Å². The second kappa shape index (κ2) is 12.6. The van der Waals surface area contributed by atoms with Crippen LogP contribution >= 0.6 is 11.8 Å². The van der Waals surface area contributed by atoms with Gasteiger partial charge in [-0.25, -0.2) is 4.39 Å². The minimum atomic E-state index is -0.460. The number of nitrogens with zero attached hydrogens (tertiary/aromatic N) is 1. The molecule has 4 nitrogen and oxygen atoms in total. The molecule has 32 heavy (non-hydrogen) atoms. The zero-order valence-corrected chi connectivity index (χ0v) is 19.6. The third kappa shape index (κ3) is 7.37. The molecule has 0 unspecified atom stereocenters. The van der Waals surface area contributed by atoms with Crippen molar-refractivity contribution in [3.05, 3.63) is 71.5 Å². The van der Waals surface area contributed by atoms with Crippen molar-refractivity contribution in [1.29, 1.82) is 0 Å². The summed E-state index contributed by atoms with van der Waals surface area (Å²) < 4.78 is 13.1. The van der Waals surface area contributed by atoms with Crippen molar-refractivity contribution in [2.75, 3.05) is 12.3 Å². The summed E-state index contributed by atoms with van der Waals surface area (Å²) in [5.74, 6) is 0.593. The lowest BCUT2D eigenvalue weighted by Gasteiger charge is -2.31. The van der Waals surface area contributed by atoms with Gasteiger partial charge in [0.25, 0.3) is 0 Å². The largest absolute Gasteiger partial charge is 0.352 e. The molecule has 0 radical (unpaired) electrons.